The number of thiophene rings is 1. The molecule has 1 aliphatic carbocycles. The lowest BCUT2D eigenvalue weighted by atomic mass is 9.78. The normalized spacial score (nSPS) is 24.0. The lowest BCUT2D eigenvalue weighted by Gasteiger charge is -2.34. The third-order valence-corrected chi connectivity index (χ3v) is 5.38. The molecule has 0 bridgehead atoms. The van der Waals surface area contributed by atoms with Gasteiger partial charge in [-0.25, -0.2) is 4.79 Å². The molecule has 23 heavy (non-hydrogen) atoms. The highest BCUT2D eigenvalue weighted by Crippen LogP contribution is 2.29. The first-order valence-corrected chi connectivity index (χ1v) is 8.41. The summed E-state index contributed by atoms with van der Waals surface area (Å²) in [4.78, 5) is 33.8. The van der Waals surface area contributed by atoms with Crippen LogP contribution in [0.4, 0.5) is 5.00 Å². The molecule has 0 unspecified atom stereocenters. The van der Waals surface area contributed by atoms with Crippen molar-refractivity contribution in [3.05, 3.63) is 27.1 Å². The van der Waals surface area contributed by atoms with E-state index in [1.54, 1.807) is 0 Å². The molecule has 1 fully saturated rings. The van der Waals surface area contributed by atoms with Gasteiger partial charge in [-0.2, -0.15) is 0 Å². The first-order valence-electron chi connectivity index (χ1n) is 7.59. The van der Waals surface area contributed by atoms with Gasteiger partial charge in [0.05, 0.1) is 4.92 Å². The van der Waals surface area contributed by atoms with E-state index in [4.69, 9.17) is 4.74 Å². The number of amides is 1. The molecule has 1 saturated carbocycles. The lowest BCUT2D eigenvalue weighted by molar-refractivity contribution is -0.380. The van der Waals surface area contributed by atoms with Crippen LogP contribution in [0.5, 0.6) is 0 Å². The summed E-state index contributed by atoms with van der Waals surface area (Å²) in [6.45, 7) is 3.92. The van der Waals surface area contributed by atoms with Crippen molar-refractivity contribution in [2.24, 2.45) is 11.8 Å². The number of carbonyl (C=O) groups is 2. The topological polar surface area (TPSA) is 98.5 Å². The van der Waals surface area contributed by atoms with Crippen LogP contribution < -0.4 is 5.32 Å². The monoisotopic (exact) mass is 340 g/mol. The zero-order valence-corrected chi connectivity index (χ0v) is 13.9. The summed E-state index contributed by atoms with van der Waals surface area (Å²) in [5.74, 6) is -0.106. The molecule has 0 radical (unpaired) electrons. The number of nitrogens with zero attached hydrogens (tertiary/aromatic N) is 1. The number of hydrogen-bond acceptors (Lipinski definition) is 6. The minimum absolute atomic E-state index is 0.104. The first kappa shape index (κ1) is 17.4. The van der Waals surface area contributed by atoms with Crippen LogP contribution in [-0.2, 0) is 9.53 Å². The summed E-state index contributed by atoms with van der Waals surface area (Å²) in [5.41, 5.74) is 0. The van der Waals surface area contributed by atoms with Gasteiger partial charge in [-0.05, 0) is 24.3 Å². The summed E-state index contributed by atoms with van der Waals surface area (Å²) in [6.07, 6.45) is 3.18. The van der Waals surface area contributed by atoms with Crippen LogP contribution in [0.15, 0.2) is 12.1 Å². The Balaban J connectivity index is 1.81. The molecule has 0 aromatic carbocycles. The Labute approximate surface area is 138 Å². The van der Waals surface area contributed by atoms with Crippen molar-refractivity contribution in [3.8, 4) is 0 Å². The molecule has 3 atom stereocenters. The zero-order valence-electron chi connectivity index (χ0n) is 13.1. The molecule has 1 aromatic heterocycles. The molecule has 0 saturated heterocycles. The van der Waals surface area contributed by atoms with Crippen LogP contribution in [0, 0.1) is 22.0 Å². The fourth-order valence-corrected chi connectivity index (χ4v) is 3.49. The fourth-order valence-electron chi connectivity index (χ4n) is 2.77. The summed E-state index contributed by atoms with van der Waals surface area (Å²) in [7, 11) is 0. The number of nitrogens with one attached hydrogen (secondary N) is 1. The number of ether oxygens (including phenoxy) is 1. The third kappa shape index (κ3) is 4.51. The quantitative estimate of drug-likeness (QED) is 0.505. The van der Waals surface area contributed by atoms with Crippen molar-refractivity contribution in [2.75, 3.05) is 6.61 Å². The molecule has 1 N–H and O–H groups in total. The van der Waals surface area contributed by atoms with E-state index in [9.17, 15) is 19.7 Å². The smallest absolute Gasteiger partial charge is 0.349 e. The maximum absolute atomic E-state index is 11.9. The second-order valence-electron chi connectivity index (χ2n) is 5.91. The van der Waals surface area contributed by atoms with Gasteiger partial charge in [0.2, 0.25) is 0 Å². The minimum Gasteiger partial charge on any atom is -0.451 e. The van der Waals surface area contributed by atoms with E-state index in [1.807, 2.05) is 0 Å². The molecule has 1 amide bonds. The van der Waals surface area contributed by atoms with Crippen LogP contribution in [-0.4, -0.2) is 29.4 Å². The van der Waals surface area contributed by atoms with Gasteiger partial charge in [-0.1, -0.05) is 38.0 Å². The Hall–Kier alpha value is -1.96. The Morgan fingerprint density at radius 3 is 2.78 bits per heavy atom. The standard InChI is InChI=1S/C15H20N2O5S/c1-9-4-3-5-11(10(9)2)16-13(18)8-22-15(19)12-6-7-14(23-12)17(20)21/h6-7,9-11H,3-5,8H2,1-2H3,(H,16,18)/t9-,10-,11-/m1/s1. The van der Waals surface area contributed by atoms with Gasteiger partial charge in [0.25, 0.3) is 5.91 Å². The Morgan fingerprint density at radius 2 is 2.13 bits per heavy atom. The van der Waals surface area contributed by atoms with E-state index in [1.165, 1.54) is 18.6 Å². The Kier molecular flexibility index (Phi) is 5.70. The average molecular weight is 340 g/mol. The van der Waals surface area contributed by atoms with E-state index in [0.717, 1.165) is 24.2 Å². The summed E-state index contributed by atoms with van der Waals surface area (Å²) in [6, 6.07) is 2.67. The van der Waals surface area contributed by atoms with Crippen molar-refractivity contribution < 1.29 is 19.2 Å². The van der Waals surface area contributed by atoms with E-state index in [0.29, 0.717) is 11.8 Å². The highest BCUT2D eigenvalue weighted by molar-refractivity contribution is 7.17. The number of nitro groups is 1. The maximum atomic E-state index is 11.9. The zero-order chi connectivity index (χ0) is 17.0. The van der Waals surface area contributed by atoms with Gasteiger partial charge in [-0.15, -0.1) is 0 Å². The molecule has 1 aromatic rings. The Bertz CT molecular complexity index is 600. The van der Waals surface area contributed by atoms with Crippen molar-refractivity contribution in [1.82, 2.24) is 5.32 Å². The molecule has 8 heteroatoms. The molecule has 1 heterocycles. The molecule has 2 rings (SSSR count). The number of carbonyl (C=O) groups excluding carboxylic acids is 2. The van der Waals surface area contributed by atoms with Gasteiger partial charge in [0.15, 0.2) is 6.61 Å². The summed E-state index contributed by atoms with van der Waals surface area (Å²) < 4.78 is 4.92. The minimum atomic E-state index is -0.719. The molecule has 0 spiro atoms. The lowest BCUT2D eigenvalue weighted by Crippen LogP contribution is -2.45. The largest absolute Gasteiger partial charge is 0.451 e. The number of rotatable bonds is 5. The molecule has 7 nitrogen and oxygen atoms in total. The van der Waals surface area contributed by atoms with Crippen molar-refractivity contribution >= 4 is 28.2 Å². The van der Waals surface area contributed by atoms with Crippen molar-refractivity contribution in [2.45, 2.75) is 39.2 Å². The van der Waals surface area contributed by atoms with E-state index in [-0.39, 0.29) is 28.4 Å². The summed E-state index contributed by atoms with van der Waals surface area (Å²) in [5, 5.41) is 13.4. The highest BCUT2D eigenvalue weighted by Gasteiger charge is 2.28. The van der Waals surface area contributed by atoms with Crippen LogP contribution >= 0.6 is 11.3 Å². The van der Waals surface area contributed by atoms with Gasteiger partial charge in [-0.3, -0.25) is 14.9 Å². The second-order valence-corrected chi connectivity index (χ2v) is 6.97. The van der Waals surface area contributed by atoms with Crippen molar-refractivity contribution in [3.63, 3.8) is 0 Å². The number of esters is 1. The highest BCUT2D eigenvalue weighted by atomic mass is 32.1. The molecule has 0 aliphatic heterocycles. The molecular formula is C15H20N2O5S. The fraction of sp³-hybridized carbons (Fsp3) is 0.600. The predicted octanol–water partition coefficient (Wildman–Crippen LogP) is 2.75. The maximum Gasteiger partial charge on any atom is 0.349 e. The van der Waals surface area contributed by atoms with E-state index in [2.05, 4.69) is 19.2 Å². The first-order chi connectivity index (χ1) is 10.9. The molecule has 1 aliphatic rings. The predicted molar refractivity (Wildman–Crippen MR) is 85.4 cm³/mol. The van der Waals surface area contributed by atoms with Gasteiger partial charge < -0.3 is 10.1 Å². The van der Waals surface area contributed by atoms with Crippen LogP contribution in [0.3, 0.4) is 0 Å². The van der Waals surface area contributed by atoms with Crippen LogP contribution in [0.1, 0.15) is 42.8 Å². The Morgan fingerprint density at radius 1 is 1.39 bits per heavy atom. The SMILES string of the molecule is C[C@@H]1[C@H](C)CCC[C@H]1NC(=O)COC(=O)c1ccc([N+](=O)[O-])s1. The van der Waals surface area contributed by atoms with E-state index < -0.39 is 10.9 Å². The van der Waals surface area contributed by atoms with E-state index >= 15 is 0 Å². The second kappa shape index (κ2) is 7.54. The molecular weight excluding hydrogens is 320 g/mol. The van der Waals surface area contributed by atoms with Crippen LogP contribution in [0.2, 0.25) is 0 Å². The molecule has 126 valence electrons. The van der Waals surface area contributed by atoms with Gasteiger partial charge in [0, 0.05) is 12.1 Å². The summed E-state index contributed by atoms with van der Waals surface area (Å²) >= 11 is 0.732. The van der Waals surface area contributed by atoms with Crippen molar-refractivity contribution in [1.29, 1.82) is 0 Å². The average Bonchev–Trinajstić information content (AvgIpc) is 3.00. The van der Waals surface area contributed by atoms with Gasteiger partial charge in [0.1, 0.15) is 4.88 Å². The van der Waals surface area contributed by atoms with Crippen LogP contribution in [0.25, 0.3) is 0 Å². The van der Waals surface area contributed by atoms with Gasteiger partial charge >= 0.3 is 11.0 Å². The number of hydrogen-bond donors (Lipinski definition) is 1. The third-order valence-electron chi connectivity index (χ3n) is 4.36.